The van der Waals surface area contributed by atoms with E-state index in [1.165, 1.54) is 24.3 Å². The van der Waals surface area contributed by atoms with Gasteiger partial charge in [0.25, 0.3) is 5.69 Å². The summed E-state index contributed by atoms with van der Waals surface area (Å²) in [4.78, 5) is 21.7. The van der Waals surface area contributed by atoms with Crippen molar-refractivity contribution in [1.29, 1.82) is 5.26 Å². The van der Waals surface area contributed by atoms with Crippen LogP contribution in [0.15, 0.2) is 29.8 Å². The molecular weight excluding hydrogens is 262 g/mol. The fraction of sp³-hybridized carbons (Fsp3) is 0.231. The summed E-state index contributed by atoms with van der Waals surface area (Å²) >= 11 is 0. The molecule has 104 valence electrons. The second-order valence-electron chi connectivity index (χ2n) is 3.64. The molecule has 0 bridgehead atoms. The molecule has 1 aromatic rings. The summed E-state index contributed by atoms with van der Waals surface area (Å²) in [5.74, 6) is -0.738. The van der Waals surface area contributed by atoms with Crippen LogP contribution in [-0.2, 0) is 9.53 Å². The first-order valence-electron chi connectivity index (χ1n) is 5.79. The van der Waals surface area contributed by atoms with Crippen molar-refractivity contribution in [2.75, 3.05) is 13.7 Å². The molecule has 0 aliphatic carbocycles. The van der Waals surface area contributed by atoms with Gasteiger partial charge in [0, 0.05) is 19.2 Å². The molecule has 0 aromatic heterocycles. The predicted molar refractivity (Wildman–Crippen MR) is 71.3 cm³/mol. The Hall–Kier alpha value is -2.88. The second-order valence-corrected chi connectivity index (χ2v) is 3.64. The molecule has 0 fully saturated rings. The highest BCUT2D eigenvalue weighted by atomic mass is 16.6. The minimum atomic E-state index is -0.738. The van der Waals surface area contributed by atoms with Gasteiger partial charge in [0.1, 0.15) is 6.07 Å². The van der Waals surface area contributed by atoms with Gasteiger partial charge in [0.05, 0.1) is 17.2 Å². The molecule has 0 saturated heterocycles. The molecule has 1 aromatic carbocycles. The summed E-state index contributed by atoms with van der Waals surface area (Å²) in [6.07, 6.45) is 0. The molecule has 0 aliphatic rings. The van der Waals surface area contributed by atoms with Crippen LogP contribution in [0.1, 0.15) is 12.5 Å². The fourth-order valence-corrected chi connectivity index (χ4v) is 1.57. The average Bonchev–Trinajstić information content (AvgIpc) is 2.44. The molecule has 0 saturated carbocycles. The van der Waals surface area contributed by atoms with Crippen LogP contribution in [0.25, 0.3) is 5.70 Å². The topological polar surface area (TPSA) is 105 Å². The summed E-state index contributed by atoms with van der Waals surface area (Å²) in [5, 5.41) is 22.4. The van der Waals surface area contributed by atoms with Gasteiger partial charge < -0.3 is 10.1 Å². The van der Waals surface area contributed by atoms with Gasteiger partial charge in [-0.15, -0.1) is 0 Å². The lowest BCUT2D eigenvalue weighted by atomic mass is 10.1. The van der Waals surface area contributed by atoms with Crippen molar-refractivity contribution in [3.8, 4) is 6.07 Å². The standard InChI is InChI=1S/C13H13N3O4/c1-3-20-13(17)11(8-14)12(15-2)9-4-6-10(7-5-9)16(18)19/h4-7,15H,3H2,1-2H3/b12-11-. The van der Waals surface area contributed by atoms with Crippen molar-refractivity contribution in [2.24, 2.45) is 0 Å². The zero-order valence-electron chi connectivity index (χ0n) is 11.0. The number of rotatable bonds is 5. The minimum absolute atomic E-state index is 0.0705. The number of hydrogen-bond acceptors (Lipinski definition) is 6. The predicted octanol–water partition coefficient (Wildman–Crippen LogP) is 1.61. The Labute approximate surface area is 115 Å². The monoisotopic (exact) mass is 275 g/mol. The maximum Gasteiger partial charge on any atom is 0.351 e. The van der Waals surface area contributed by atoms with Gasteiger partial charge in [-0.05, 0) is 24.6 Å². The van der Waals surface area contributed by atoms with Gasteiger partial charge in [0.2, 0.25) is 0 Å². The van der Waals surface area contributed by atoms with E-state index >= 15 is 0 Å². The third kappa shape index (κ3) is 3.32. The van der Waals surface area contributed by atoms with Crippen LogP contribution in [0.3, 0.4) is 0 Å². The molecular formula is C13H13N3O4. The number of nitro benzene ring substituents is 1. The molecule has 7 heteroatoms. The maximum atomic E-state index is 11.7. The zero-order chi connectivity index (χ0) is 15.1. The Morgan fingerprint density at radius 3 is 2.45 bits per heavy atom. The number of ether oxygens (including phenoxy) is 1. The quantitative estimate of drug-likeness (QED) is 0.288. The minimum Gasteiger partial charge on any atom is -0.462 e. The average molecular weight is 275 g/mol. The molecule has 7 nitrogen and oxygen atoms in total. The first-order valence-corrected chi connectivity index (χ1v) is 5.79. The van der Waals surface area contributed by atoms with E-state index < -0.39 is 10.9 Å². The van der Waals surface area contributed by atoms with E-state index in [1.807, 2.05) is 0 Å². The van der Waals surface area contributed by atoms with E-state index in [0.717, 1.165) is 0 Å². The molecule has 1 N–H and O–H groups in total. The van der Waals surface area contributed by atoms with Crippen LogP contribution in [0.4, 0.5) is 5.69 Å². The highest BCUT2D eigenvalue weighted by Crippen LogP contribution is 2.20. The van der Waals surface area contributed by atoms with E-state index in [9.17, 15) is 14.9 Å². The normalized spacial score (nSPS) is 11.1. The maximum absolute atomic E-state index is 11.7. The van der Waals surface area contributed by atoms with Crippen LogP contribution in [0.2, 0.25) is 0 Å². The zero-order valence-corrected chi connectivity index (χ0v) is 11.0. The highest BCUT2D eigenvalue weighted by molar-refractivity contribution is 6.01. The van der Waals surface area contributed by atoms with Crippen LogP contribution in [0.5, 0.6) is 0 Å². The lowest BCUT2D eigenvalue weighted by Crippen LogP contribution is -2.15. The van der Waals surface area contributed by atoms with Gasteiger partial charge in [-0.1, -0.05) is 0 Å². The molecule has 0 amide bonds. The van der Waals surface area contributed by atoms with E-state index in [4.69, 9.17) is 10.00 Å². The van der Waals surface area contributed by atoms with Crippen molar-refractivity contribution >= 4 is 17.4 Å². The number of nitro groups is 1. The molecule has 1 rings (SSSR count). The molecule has 0 heterocycles. The second kappa shape index (κ2) is 6.89. The Balaban J connectivity index is 3.26. The van der Waals surface area contributed by atoms with Gasteiger partial charge in [-0.25, -0.2) is 4.79 Å². The van der Waals surface area contributed by atoms with Crippen LogP contribution < -0.4 is 5.32 Å². The number of hydrogen-bond donors (Lipinski definition) is 1. The lowest BCUT2D eigenvalue weighted by Gasteiger charge is -2.09. The molecule has 0 unspecified atom stereocenters. The molecule has 0 aliphatic heterocycles. The summed E-state index contributed by atoms with van der Waals surface area (Å²) in [6.45, 7) is 1.79. The number of carbonyl (C=O) groups excluding carboxylic acids is 1. The third-order valence-corrected chi connectivity index (χ3v) is 2.46. The fourth-order valence-electron chi connectivity index (χ4n) is 1.57. The first-order chi connectivity index (χ1) is 9.54. The van der Waals surface area contributed by atoms with E-state index in [2.05, 4.69) is 5.32 Å². The summed E-state index contributed by atoms with van der Waals surface area (Å²) < 4.78 is 4.79. The van der Waals surface area contributed by atoms with Crippen molar-refractivity contribution in [1.82, 2.24) is 5.32 Å². The van der Waals surface area contributed by atoms with Crippen LogP contribution >= 0.6 is 0 Å². The number of nitriles is 1. The number of nitrogens with zero attached hydrogens (tertiary/aromatic N) is 2. The van der Waals surface area contributed by atoms with Crippen molar-refractivity contribution in [3.63, 3.8) is 0 Å². The Kier molecular flexibility index (Phi) is 5.23. The Bertz CT molecular complexity index is 585. The SMILES string of the molecule is CCOC(=O)/C(C#N)=C(\NC)c1ccc([N+](=O)[O-])cc1. The number of non-ortho nitro benzene ring substituents is 1. The Morgan fingerprint density at radius 2 is 2.05 bits per heavy atom. The molecule has 20 heavy (non-hydrogen) atoms. The molecule has 0 radical (unpaired) electrons. The van der Waals surface area contributed by atoms with Crippen molar-refractivity contribution in [2.45, 2.75) is 6.92 Å². The molecule has 0 atom stereocenters. The first kappa shape index (κ1) is 15.2. The van der Waals surface area contributed by atoms with E-state index in [-0.39, 0.29) is 23.6 Å². The summed E-state index contributed by atoms with van der Waals surface area (Å²) in [5.41, 5.74) is 0.505. The van der Waals surface area contributed by atoms with Gasteiger partial charge in [-0.2, -0.15) is 5.26 Å². The van der Waals surface area contributed by atoms with E-state index in [1.54, 1.807) is 20.0 Å². The molecule has 0 spiro atoms. The van der Waals surface area contributed by atoms with Gasteiger partial charge in [0.15, 0.2) is 5.57 Å². The van der Waals surface area contributed by atoms with Crippen molar-refractivity contribution in [3.05, 3.63) is 45.5 Å². The summed E-state index contributed by atoms with van der Waals surface area (Å²) in [7, 11) is 1.55. The summed E-state index contributed by atoms with van der Waals surface area (Å²) in [6, 6.07) is 7.30. The van der Waals surface area contributed by atoms with Crippen molar-refractivity contribution < 1.29 is 14.5 Å². The third-order valence-electron chi connectivity index (χ3n) is 2.46. The van der Waals surface area contributed by atoms with Gasteiger partial charge >= 0.3 is 5.97 Å². The smallest absolute Gasteiger partial charge is 0.351 e. The number of esters is 1. The largest absolute Gasteiger partial charge is 0.462 e. The lowest BCUT2D eigenvalue weighted by molar-refractivity contribution is -0.384. The van der Waals surface area contributed by atoms with Crippen LogP contribution in [-0.4, -0.2) is 24.5 Å². The van der Waals surface area contributed by atoms with Gasteiger partial charge in [-0.3, -0.25) is 10.1 Å². The van der Waals surface area contributed by atoms with Crippen LogP contribution in [0, 0.1) is 21.4 Å². The number of nitrogens with one attached hydrogen (secondary N) is 1. The number of carbonyl (C=O) groups is 1. The highest BCUT2D eigenvalue weighted by Gasteiger charge is 2.18. The van der Waals surface area contributed by atoms with E-state index in [0.29, 0.717) is 5.56 Å². The number of benzene rings is 1. The Morgan fingerprint density at radius 1 is 1.45 bits per heavy atom.